The van der Waals surface area contributed by atoms with Crippen molar-refractivity contribution in [3.05, 3.63) is 48.2 Å². The molecule has 1 aliphatic rings. The zero-order chi connectivity index (χ0) is 21.1. The standard InChI is InChI=1S/C22H28N6O2/c1-5-27-10-8-6-7-9-17-11-24-20-12-23-18(14-28(17)20)21-19(15-29-4)25-26(3)22(21)30-16(2)13-27/h6-9,11-12,14,16H,5,10,13,15H2,1-4H3/b8-6-,9-7+/t16-/m0/s1. The molecule has 3 aromatic rings. The number of hydrogen-bond acceptors (Lipinski definition) is 6. The molecule has 0 radical (unpaired) electrons. The first-order valence-electron chi connectivity index (χ1n) is 10.2. The van der Waals surface area contributed by atoms with E-state index >= 15 is 0 Å². The Bertz CT molecular complexity index is 1080. The molecular formula is C22H28N6O2. The van der Waals surface area contributed by atoms with Crippen LogP contribution in [0.4, 0.5) is 0 Å². The van der Waals surface area contributed by atoms with Gasteiger partial charge in [-0.3, -0.25) is 14.3 Å². The summed E-state index contributed by atoms with van der Waals surface area (Å²) in [5, 5.41) is 4.65. The molecule has 1 aliphatic heterocycles. The summed E-state index contributed by atoms with van der Waals surface area (Å²) in [6.45, 7) is 7.24. The second-order valence-corrected chi connectivity index (χ2v) is 7.44. The Morgan fingerprint density at radius 1 is 1.23 bits per heavy atom. The number of likely N-dealkylation sites (N-methyl/N-ethyl adjacent to an activating group) is 1. The van der Waals surface area contributed by atoms with Crippen LogP contribution < -0.4 is 4.74 Å². The molecule has 1 atom stereocenters. The van der Waals surface area contributed by atoms with Crippen molar-refractivity contribution in [2.45, 2.75) is 26.6 Å². The number of aryl methyl sites for hydroxylation is 1. The minimum absolute atomic E-state index is 0.0175. The fourth-order valence-electron chi connectivity index (χ4n) is 3.72. The van der Waals surface area contributed by atoms with Crippen LogP contribution in [-0.2, 0) is 18.4 Å². The average Bonchev–Trinajstić information content (AvgIpc) is 3.27. The van der Waals surface area contributed by atoms with E-state index in [4.69, 9.17) is 9.47 Å². The average molecular weight is 409 g/mol. The lowest BCUT2D eigenvalue weighted by Gasteiger charge is -2.24. The molecule has 2 bridgehead atoms. The van der Waals surface area contributed by atoms with Crippen LogP contribution in [0.1, 0.15) is 25.2 Å². The van der Waals surface area contributed by atoms with Gasteiger partial charge in [-0.25, -0.2) is 9.67 Å². The Morgan fingerprint density at radius 3 is 2.90 bits per heavy atom. The zero-order valence-corrected chi connectivity index (χ0v) is 17.9. The molecule has 4 heterocycles. The molecule has 0 aromatic carbocycles. The predicted octanol–water partition coefficient (Wildman–Crippen LogP) is 2.95. The maximum atomic E-state index is 6.41. The first-order valence-corrected chi connectivity index (χ1v) is 10.2. The van der Waals surface area contributed by atoms with Crippen LogP contribution in [0.25, 0.3) is 23.0 Å². The van der Waals surface area contributed by atoms with Crippen LogP contribution >= 0.6 is 0 Å². The molecule has 4 rings (SSSR count). The number of hydrogen-bond donors (Lipinski definition) is 0. The quantitative estimate of drug-likeness (QED) is 0.664. The van der Waals surface area contributed by atoms with Gasteiger partial charge in [0, 0.05) is 33.4 Å². The minimum atomic E-state index is -0.0175. The van der Waals surface area contributed by atoms with Gasteiger partial charge in [0.15, 0.2) is 5.65 Å². The van der Waals surface area contributed by atoms with Gasteiger partial charge in [0.2, 0.25) is 5.88 Å². The van der Waals surface area contributed by atoms with Gasteiger partial charge in [-0.2, -0.15) is 5.10 Å². The van der Waals surface area contributed by atoms with Crippen molar-refractivity contribution < 1.29 is 9.47 Å². The van der Waals surface area contributed by atoms with Crippen molar-refractivity contribution in [3.8, 4) is 17.1 Å². The number of fused-ring (bicyclic) bond motifs is 3. The van der Waals surface area contributed by atoms with E-state index in [0.717, 1.165) is 47.9 Å². The fourth-order valence-corrected chi connectivity index (χ4v) is 3.72. The molecule has 0 fully saturated rings. The van der Waals surface area contributed by atoms with E-state index in [1.54, 1.807) is 18.0 Å². The zero-order valence-electron chi connectivity index (χ0n) is 17.9. The molecule has 8 nitrogen and oxygen atoms in total. The van der Waals surface area contributed by atoms with E-state index < -0.39 is 0 Å². The summed E-state index contributed by atoms with van der Waals surface area (Å²) < 4.78 is 15.6. The number of nitrogens with zero attached hydrogens (tertiary/aromatic N) is 6. The van der Waals surface area contributed by atoms with E-state index in [1.165, 1.54) is 0 Å². The molecular weight excluding hydrogens is 380 g/mol. The number of imidazole rings is 1. The van der Waals surface area contributed by atoms with Crippen LogP contribution in [0.15, 0.2) is 36.8 Å². The van der Waals surface area contributed by atoms with E-state index in [0.29, 0.717) is 12.5 Å². The van der Waals surface area contributed by atoms with Gasteiger partial charge in [-0.1, -0.05) is 25.2 Å². The third-order valence-electron chi connectivity index (χ3n) is 5.18. The highest BCUT2D eigenvalue weighted by Gasteiger charge is 2.23. The molecule has 0 saturated heterocycles. The van der Waals surface area contributed by atoms with Crippen molar-refractivity contribution in [1.29, 1.82) is 0 Å². The van der Waals surface area contributed by atoms with Gasteiger partial charge in [0.05, 0.1) is 36.0 Å². The van der Waals surface area contributed by atoms with E-state index in [9.17, 15) is 0 Å². The molecule has 0 aliphatic carbocycles. The lowest BCUT2D eigenvalue weighted by Crippen LogP contribution is -2.34. The smallest absolute Gasteiger partial charge is 0.221 e. The maximum Gasteiger partial charge on any atom is 0.221 e. The van der Waals surface area contributed by atoms with Crippen LogP contribution in [0, 0.1) is 0 Å². The third-order valence-corrected chi connectivity index (χ3v) is 5.18. The minimum Gasteiger partial charge on any atom is -0.473 e. The molecule has 0 unspecified atom stereocenters. The van der Waals surface area contributed by atoms with Crippen LogP contribution in [0.5, 0.6) is 5.88 Å². The van der Waals surface area contributed by atoms with Crippen LogP contribution in [-0.4, -0.2) is 61.9 Å². The highest BCUT2D eigenvalue weighted by molar-refractivity contribution is 5.69. The van der Waals surface area contributed by atoms with Crippen molar-refractivity contribution in [1.82, 2.24) is 29.0 Å². The molecule has 0 spiro atoms. The van der Waals surface area contributed by atoms with Gasteiger partial charge < -0.3 is 9.47 Å². The van der Waals surface area contributed by atoms with Crippen molar-refractivity contribution in [2.75, 3.05) is 26.7 Å². The van der Waals surface area contributed by atoms with Crippen LogP contribution in [0.2, 0.25) is 0 Å². The summed E-state index contributed by atoms with van der Waals surface area (Å²) in [4.78, 5) is 11.5. The largest absolute Gasteiger partial charge is 0.473 e. The van der Waals surface area contributed by atoms with E-state index in [2.05, 4.69) is 52.0 Å². The molecule has 3 aromatic heterocycles. The summed E-state index contributed by atoms with van der Waals surface area (Å²) in [7, 11) is 3.56. The SMILES string of the molecule is CCN1C/C=C\C=C\c2cnc3cnc(cn23)-c2c(COC)nn(C)c2O[C@@H](C)C1. The molecule has 0 amide bonds. The topological polar surface area (TPSA) is 69.7 Å². The lowest BCUT2D eigenvalue weighted by atomic mass is 10.2. The Labute approximate surface area is 176 Å². The first-order chi connectivity index (χ1) is 14.6. The number of ether oxygens (including phenoxy) is 2. The van der Waals surface area contributed by atoms with Crippen LogP contribution in [0.3, 0.4) is 0 Å². The summed E-state index contributed by atoms with van der Waals surface area (Å²) in [5.41, 5.74) is 4.19. The second kappa shape index (κ2) is 8.81. The number of allylic oxidation sites excluding steroid dienone is 2. The Hall–Kier alpha value is -2.97. The number of aromatic nitrogens is 5. The highest BCUT2D eigenvalue weighted by Crippen LogP contribution is 2.33. The van der Waals surface area contributed by atoms with Gasteiger partial charge >= 0.3 is 0 Å². The normalized spacial score (nSPS) is 19.8. The Balaban J connectivity index is 1.88. The fraction of sp³-hybridized carbons (Fsp3) is 0.409. The number of rotatable bonds is 3. The van der Waals surface area contributed by atoms with Crippen molar-refractivity contribution >= 4 is 11.7 Å². The summed E-state index contributed by atoms with van der Waals surface area (Å²) in [6, 6.07) is 0. The van der Waals surface area contributed by atoms with Gasteiger partial charge in [0.25, 0.3) is 0 Å². The van der Waals surface area contributed by atoms with Gasteiger partial charge in [-0.05, 0) is 19.5 Å². The molecule has 0 saturated carbocycles. The van der Waals surface area contributed by atoms with E-state index in [-0.39, 0.29) is 6.10 Å². The first kappa shape index (κ1) is 20.3. The molecule has 8 heteroatoms. The van der Waals surface area contributed by atoms with Gasteiger partial charge in [-0.15, -0.1) is 0 Å². The van der Waals surface area contributed by atoms with Crippen molar-refractivity contribution in [2.24, 2.45) is 7.05 Å². The predicted molar refractivity (Wildman–Crippen MR) is 116 cm³/mol. The Kier molecular flexibility index (Phi) is 5.96. The lowest BCUT2D eigenvalue weighted by molar-refractivity contribution is 0.147. The second-order valence-electron chi connectivity index (χ2n) is 7.44. The highest BCUT2D eigenvalue weighted by atomic mass is 16.5. The molecule has 30 heavy (non-hydrogen) atoms. The molecule has 0 N–H and O–H groups in total. The van der Waals surface area contributed by atoms with Crippen molar-refractivity contribution in [3.63, 3.8) is 0 Å². The summed E-state index contributed by atoms with van der Waals surface area (Å²) in [5.74, 6) is 0.695. The Morgan fingerprint density at radius 2 is 2.10 bits per heavy atom. The third kappa shape index (κ3) is 4.01. The summed E-state index contributed by atoms with van der Waals surface area (Å²) in [6.07, 6.45) is 13.9. The van der Waals surface area contributed by atoms with E-state index in [1.807, 2.05) is 29.9 Å². The van der Waals surface area contributed by atoms with Gasteiger partial charge in [0.1, 0.15) is 11.8 Å². The molecule has 158 valence electrons. The monoisotopic (exact) mass is 408 g/mol. The summed E-state index contributed by atoms with van der Waals surface area (Å²) >= 11 is 0. The maximum absolute atomic E-state index is 6.41. The number of methoxy groups -OCH3 is 1.